The predicted octanol–water partition coefficient (Wildman–Crippen LogP) is 3.61. The summed E-state index contributed by atoms with van der Waals surface area (Å²) in [5.74, 6) is -0.422. The van der Waals surface area contributed by atoms with Crippen LogP contribution in [-0.2, 0) is 4.79 Å². The third-order valence-electron chi connectivity index (χ3n) is 2.26. The van der Waals surface area contributed by atoms with E-state index in [-0.39, 0.29) is 12.5 Å². The molecule has 0 spiro atoms. The van der Waals surface area contributed by atoms with Crippen LogP contribution in [0, 0.1) is 5.82 Å². The second-order valence-corrected chi connectivity index (χ2v) is 4.72. The number of anilines is 1. The summed E-state index contributed by atoms with van der Waals surface area (Å²) in [6.45, 7) is -0.176. The number of rotatable bonds is 4. The molecule has 2 aromatic carbocycles. The molecule has 0 fully saturated rings. The Bertz CT molecular complexity index is 555. The highest BCUT2D eigenvalue weighted by Crippen LogP contribution is 2.20. The molecule has 0 atom stereocenters. The van der Waals surface area contributed by atoms with Crippen molar-refractivity contribution in [3.63, 3.8) is 0 Å². The Morgan fingerprint density at radius 2 is 1.95 bits per heavy atom. The topological polar surface area (TPSA) is 38.3 Å². The van der Waals surface area contributed by atoms with Gasteiger partial charge in [0.15, 0.2) is 6.61 Å². The number of ether oxygens (including phenoxy) is 1. The Morgan fingerprint density at radius 3 is 2.63 bits per heavy atom. The van der Waals surface area contributed by atoms with Crippen LogP contribution in [0.4, 0.5) is 10.1 Å². The highest BCUT2D eigenvalue weighted by Gasteiger charge is 2.05. The monoisotopic (exact) mass is 323 g/mol. The van der Waals surface area contributed by atoms with E-state index in [2.05, 4.69) is 21.2 Å². The average Bonchev–Trinajstić information content (AvgIpc) is 2.36. The maximum Gasteiger partial charge on any atom is 0.262 e. The van der Waals surface area contributed by atoms with E-state index in [0.717, 1.165) is 0 Å². The van der Waals surface area contributed by atoms with Crippen LogP contribution in [0.3, 0.4) is 0 Å². The summed E-state index contributed by atoms with van der Waals surface area (Å²) in [7, 11) is 0. The number of carbonyl (C=O) groups is 1. The van der Waals surface area contributed by atoms with Crippen molar-refractivity contribution < 1.29 is 13.9 Å². The van der Waals surface area contributed by atoms with Crippen molar-refractivity contribution in [3.05, 3.63) is 58.8 Å². The van der Waals surface area contributed by atoms with Gasteiger partial charge in [0, 0.05) is 16.2 Å². The van der Waals surface area contributed by atoms with Crippen molar-refractivity contribution in [2.24, 2.45) is 0 Å². The minimum absolute atomic E-state index is 0.176. The second-order valence-electron chi connectivity index (χ2n) is 3.81. The van der Waals surface area contributed by atoms with Crippen LogP contribution < -0.4 is 10.1 Å². The quantitative estimate of drug-likeness (QED) is 0.933. The minimum Gasteiger partial charge on any atom is -0.484 e. The van der Waals surface area contributed by atoms with Crippen LogP contribution in [0.15, 0.2) is 53.0 Å². The molecule has 0 aliphatic rings. The van der Waals surface area contributed by atoms with E-state index in [1.807, 2.05) is 18.2 Å². The molecule has 3 nitrogen and oxygen atoms in total. The van der Waals surface area contributed by atoms with Crippen molar-refractivity contribution in [1.82, 2.24) is 0 Å². The number of nitrogens with one attached hydrogen (secondary N) is 1. The fraction of sp³-hybridized carbons (Fsp3) is 0.0714. The molecule has 0 radical (unpaired) electrons. The zero-order chi connectivity index (χ0) is 13.7. The van der Waals surface area contributed by atoms with Crippen LogP contribution in [0.25, 0.3) is 0 Å². The summed E-state index contributed by atoms with van der Waals surface area (Å²) in [6, 6.07) is 13.2. The van der Waals surface area contributed by atoms with Gasteiger partial charge in [-0.25, -0.2) is 4.39 Å². The lowest BCUT2D eigenvalue weighted by atomic mass is 10.3. The van der Waals surface area contributed by atoms with Gasteiger partial charge in [0.25, 0.3) is 5.91 Å². The molecule has 1 N–H and O–H groups in total. The molecule has 98 valence electrons. The van der Waals surface area contributed by atoms with E-state index in [0.29, 0.717) is 15.9 Å². The number of para-hydroxylation sites is 1. The summed E-state index contributed by atoms with van der Waals surface area (Å²) >= 11 is 3.15. The molecule has 2 aromatic rings. The first-order valence-electron chi connectivity index (χ1n) is 5.57. The molecule has 0 bridgehead atoms. The van der Waals surface area contributed by atoms with Gasteiger partial charge in [-0.15, -0.1) is 0 Å². The van der Waals surface area contributed by atoms with Gasteiger partial charge in [-0.3, -0.25) is 4.79 Å². The lowest BCUT2D eigenvalue weighted by Gasteiger charge is -2.08. The fourth-order valence-corrected chi connectivity index (χ4v) is 1.92. The van der Waals surface area contributed by atoms with Crippen molar-refractivity contribution in [1.29, 1.82) is 0 Å². The van der Waals surface area contributed by atoms with Crippen molar-refractivity contribution in [2.45, 2.75) is 0 Å². The van der Waals surface area contributed by atoms with Gasteiger partial charge in [-0.05, 0) is 24.3 Å². The maximum atomic E-state index is 13.1. The van der Waals surface area contributed by atoms with E-state index >= 15 is 0 Å². The molecule has 0 aromatic heterocycles. The second kappa shape index (κ2) is 6.33. The number of halogens is 2. The molecule has 5 heteroatoms. The Labute approximate surface area is 118 Å². The summed E-state index contributed by atoms with van der Waals surface area (Å²) in [5, 5.41) is 2.67. The van der Waals surface area contributed by atoms with Crippen LogP contribution in [-0.4, -0.2) is 12.5 Å². The number of hydrogen-bond acceptors (Lipinski definition) is 2. The molecule has 0 saturated carbocycles. The van der Waals surface area contributed by atoms with Crippen LogP contribution in [0.5, 0.6) is 5.75 Å². The van der Waals surface area contributed by atoms with E-state index in [9.17, 15) is 9.18 Å². The highest BCUT2D eigenvalue weighted by atomic mass is 79.9. The molecular formula is C14H11BrFNO2. The highest BCUT2D eigenvalue weighted by molar-refractivity contribution is 9.10. The summed E-state index contributed by atoms with van der Waals surface area (Å²) < 4.78 is 18.9. The zero-order valence-electron chi connectivity index (χ0n) is 9.90. The molecule has 0 heterocycles. The zero-order valence-corrected chi connectivity index (χ0v) is 11.5. The summed E-state index contributed by atoms with van der Waals surface area (Å²) in [4.78, 5) is 11.6. The first-order valence-corrected chi connectivity index (χ1v) is 6.36. The Hall–Kier alpha value is -1.88. The van der Waals surface area contributed by atoms with Crippen LogP contribution in [0.1, 0.15) is 0 Å². The minimum atomic E-state index is -0.423. The molecular weight excluding hydrogens is 313 g/mol. The Morgan fingerprint density at radius 1 is 1.21 bits per heavy atom. The lowest BCUT2D eigenvalue weighted by molar-refractivity contribution is -0.118. The predicted molar refractivity (Wildman–Crippen MR) is 74.7 cm³/mol. The van der Waals surface area contributed by atoms with Crippen LogP contribution >= 0.6 is 15.9 Å². The SMILES string of the molecule is O=C(COc1cc(F)cc(Br)c1)Nc1ccccc1. The molecule has 2 rings (SSSR count). The molecule has 1 amide bonds. The summed E-state index contributed by atoms with van der Waals surface area (Å²) in [5.41, 5.74) is 0.691. The first kappa shape index (κ1) is 13.5. The summed E-state index contributed by atoms with van der Waals surface area (Å²) in [6.07, 6.45) is 0. The van der Waals surface area contributed by atoms with Gasteiger partial charge in [-0.2, -0.15) is 0 Å². The smallest absolute Gasteiger partial charge is 0.262 e. The number of benzene rings is 2. The van der Waals surface area contributed by atoms with Crippen molar-refractivity contribution in [3.8, 4) is 5.75 Å². The van der Waals surface area contributed by atoms with Gasteiger partial charge < -0.3 is 10.1 Å². The Kier molecular flexibility index (Phi) is 4.52. The maximum absolute atomic E-state index is 13.1. The van der Waals surface area contributed by atoms with Gasteiger partial charge in [0.2, 0.25) is 0 Å². The van der Waals surface area contributed by atoms with Crippen molar-refractivity contribution >= 4 is 27.5 Å². The molecule has 0 unspecified atom stereocenters. The molecule has 19 heavy (non-hydrogen) atoms. The number of hydrogen-bond donors (Lipinski definition) is 1. The van der Waals surface area contributed by atoms with E-state index < -0.39 is 5.82 Å². The van der Waals surface area contributed by atoms with E-state index in [1.165, 1.54) is 12.1 Å². The fourth-order valence-electron chi connectivity index (χ4n) is 1.48. The van der Waals surface area contributed by atoms with Gasteiger partial charge >= 0.3 is 0 Å². The Balaban J connectivity index is 1.90. The third-order valence-corrected chi connectivity index (χ3v) is 2.72. The van der Waals surface area contributed by atoms with Crippen LogP contribution in [0.2, 0.25) is 0 Å². The van der Waals surface area contributed by atoms with Gasteiger partial charge in [0.05, 0.1) is 0 Å². The normalized spacial score (nSPS) is 10.0. The molecule has 0 saturated heterocycles. The van der Waals surface area contributed by atoms with E-state index in [1.54, 1.807) is 18.2 Å². The third kappa shape index (κ3) is 4.37. The largest absolute Gasteiger partial charge is 0.484 e. The van der Waals surface area contributed by atoms with Crippen molar-refractivity contribution in [2.75, 3.05) is 11.9 Å². The first-order chi connectivity index (χ1) is 9.13. The molecule has 0 aliphatic carbocycles. The standard InChI is InChI=1S/C14H11BrFNO2/c15-10-6-11(16)8-13(7-10)19-9-14(18)17-12-4-2-1-3-5-12/h1-8H,9H2,(H,17,18). The molecule has 0 aliphatic heterocycles. The van der Waals surface area contributed by atoms with Gasteiger partial charge in [0.1, 0.15) is 11.6 Å². The number of carbonyl (C=O) groups excluding carboxylic acids is 1. The van der Waals surface area contributed by atoms with Gasteiger partial charge in [-0.1, -0.05) is 34.1 Å². The lowest BCUT2D eigenvalue weighted by Crippen LogP contribution is -2.20. The average molecular weight is 324 g/mol. The number of amides is 1. The van der Waals surface area contributed by atoms with E-state index in [4.69, 9.17) is 4.74 Å².